The molecule has 0 radical (unpaired) electrons. The van der Waals surface area contributed by atoms with Crippen LogP contribution in [0, 0.1) is 11.8 Å². The maximum Gasteiger partial charge on any atom is 0.269 e. The molecule has 1 fully saturated rings. The van der Waals surface area contributed by atoms with Gasteiger partial charge in [-0.1, -0.05) is 26.2 Å². The van der Waals surface area contributed by atoms with Crippen molar-refractivity contribution in [3.8, 4) is 0 Å². The summed E-state index contributed by atoms with van der Waals surface area (Å²) in [6.07, 6.45) is 7.90. The van der Waals surface area contributed by atoms with Gasteiger partial charge in [0.15, 0.2) is 0 Å². The van der Waals surface area contributed by atoms with Gasteiger partial charge >= 0.3 is 0 Å². The number of nitrogens with two attached hydrogens (primary N) is 1. The number of carbonyl (C=O) groups is 1. The molecule has 1 aliphatic carbocycles. The third-order valence-corrected chi connectivity index (χ3v) is 4.11. The quantitative estimate of drug-likeness (QED) is 0.875. The summed E-state index contributed by atoms with van der Waals surface area (Å²) in [5.74, 6) is 1.39. The molecule has 0 saturated heterocycles. The number of carbonyl (C=O) groups excluding carboxylic acids is 1. The molecule has 1 heterocycles. The molecule has 1 saturated carbocycles. The number of nitrogens with one attached hydrogen (secondary N) is 1. The standard InChI is InChI=1S/C15H23N3O/c1-2-11-3-5-12(6-4-11)10-18-15(19)14-9-13(16)7-8-17-14/h7-9,11-12H,2-6,10H2,1H3,(H2,16,17)(H,18,19). The fraction of sp³-hybridized carbons (Fsp3) is 0.600. The second-order valence-corrected chi connectivity index (χ2v) is 5.48. The van der Waals surface area contributed by atoms with Crippen LogP contribution in [0.25, 0.3) is 0 Å². The molecule has 104 valence electrons. The summed E-state index contributed by atoms with van der Waals surface area (Å²) in [5, 5.41) is 2.97. The zero-order valence-electron chi connectivity index (χ0n) is 11.6. The summed E-state index contributed by atoms with van der Waals surface area (Å²) < 4.78 is 0. The monoisotopic (exact) mass is 261 g/mol. The van der Waals surface area contributed by atoms with E-state index in [1.54, 1.807) is 18.3 Å². The predicted molar refractivity (Wildman–Crippen MR) is 76.7 cm³/mol. The zero-order chi connectivity index (χ0) is 13.7. The Morgan fingerprint density at radius 3 is 2.68 bits per heavy atom. The van der Waals surface area contributed by atoms with Crippen LogP contribution in [0.3, 0.4) is 0 Å². The van der Waals surface area contributed by atoms with Gasteiger partial charge in [0.05, 0.1) is 0 Å². The first-order valence-electron chi connectivity index (χ1n) is 7.18. The largest absolute Gasteiger partial charge is 0.399 e. The summed E-state index contributed by atoms with van der Waals surface area (Å²) in [5.41, 5.74) is 6.62. The molecule has 2 rings (SSSR count). The molecule has 1 aromatic rings. The minimum Gasteiger partial charge on any atom is -0.399 e. The molecule has 1 aromatic heterocycles. The van der Waals surface area contributed by atoms with Crippen molar-refractivity contribution in [1.82, 2.24) is 10.3 Å². The van der Waals surface area contributed by atoms with E-state index in [1.165, 1.54) is 32.1 Å². The van der Waals surface area contributed by atoms with Crippen molar-refractivity contribution in [3.63, 3.8) is 0 Å². The lowest BCUT2D eigenvalue weighted by molar-refractivity contribution is 0.0936. The lowest BCUT2D eigenvalue weighted by atomic mass is 9.81. The molecule has 0 spiro atoms. The maximum absolute atomic E-state index is 11.9. The van der Waals surface area contributed by atoms with Gasteiger partial charge in [-0.05, 0) is 36.8 Å². The average molecular weight is 261 g/mol. The summed E-state index contributed by atoms with van der Waals surface area (Å²) in [6.45, 7) is 3.02. The number of nitrogen functional groups attached to an aromatic ring is 1. The topological polar surface area (TPSA) is 68.0 Å². The van der Waals surface area contributed by atoms with E-state index in [0.717, 1.165) is 12.5 Å². The van der Waals surface area contributed by atoms with Crippen LogP contribution in [-0.2, 0) is 0 Å². The first-order valence-corrected chi connectivity index (χ1v) is 7.18. The lowest BCUT2D eigenvalue weighted by Gasteiger charge is -2.27. The van der Waals surface area contributed by atoms with Gasteiger partial charge in [-0.3, -0.25) is 9.78 Å². The molecule has 1 amide bonds. The normalized spacial score (nSPS) is 23.0. The Morgan fingerprint density at radius 2 is 2.05 bits per heavy atom. The Bertz CT molecular complexity index is 425. The maximum atomic E-state index is 11.9. The van der Waals surface area contributed by atoms with Crippen LogP contribution < -0.4 is 11.1 Å². The van der Waals surface area contributed by atoms with Crippen molar-refractivity contribution < 1.29 is 4.79 Å². The molecule has 4 nitrogen and oxygen atoms in total. The number of rotatable bonds is 4. The van der Waals surface area contributed by atoms with Gasteiger partial charge in [0.2, 0.25) is 0 Å². The highest BCUT2D eigenvalue weighted by Crippen LogP contribution is 2.30. The fourth-order valence-corrected chi connectivity index (χ4v) is 2.74. The van der Waals surface area contributed by atoms with Crippen LogP contribution in [0.15, 0.2) is 18.3 Å². The first kappa shape index (κ1) is 13.8. The Kier molecular flexibility index (Phi) is 4.77. The van der Waals surface area contributed by atoms with Crippen molar-refractivity contribution in [2.45, 2.75) is 39.0 Å². The van der Waals surface area contributed by atoms with Gasteiger partial charge in [0.1, 0.15) is 5.69 Å². The van der Waals surface area contributed by atoms with Crippen LogP contribution in [0.1, 0.15) is 49.5 Å². The van der Waals surface area contributed by atoms with Crippen molar-refractivity contribution in [2.75, 3.05) is 12.3 Å². The number of hydrogen-bond acceptors (Lipinski definition) is 3. The Labute approximate surface area is 114 Å². The molecular weight excluding hydrogens is 238 g/mol. The molecule has 0 bridgehead atoms. The van der Waals surface area contributed by atoms with E-state index in [0.29, 0.717) is 17.3 Å². The van der Waals surface area contributed by atoms with Gasteiger partial charge in [-0.25, -0.2) is 0 Å². The molecule has 0 aromatic carbocycles. The van der Waals surface area contributed by atoms with Crippen LogP contribution in [0.2, 0.25) is 0 Å². The molecule has 0 unspecified atom stereocenters. The van der Waals surface area contributed by atoms with Crippen molar-refractivity contribution in [3.05, 3.63) is 24.0 Å². The highest BCUT2D eigenvalue weighted by atomic mass is 16.1. The summed E-state index contributed by atoms with van der Waals surface area (Å²) in [4.78, 5) is 16.0. The van der Waals surface area contributed by atoms with Crippen molar-refractivity contribution >= 4 is 11.6 Å². The minimum atomic E-state index is -0.120. The number of pyridine rings is 1. The lowest BCUT2D eigenvalue weighted by Crippen LogP contribution is -2.31. The van der Waals surface area contributed by atoms with E-state index >= 15 is 0 Å². The highest BCUT2D eigenvalue weighted by molar-refractivity contribution is 5.92. The minimum absolute atomic E-state index is 0.120. The van der Waals surface area contributed by atoms with E-state index < -0.39 is 0 Å². The predicted octanol–water partition coefficient (Wildman–Crippen LogP) is 2.61. The summed E-state index contributed by atoms with van der Waals surface area (Å²) >= 11 is 0. The fourth-order valence-electron chi connectivity index (χ4n) is 2.74. The second kappa shape index (κ2) is 6.55. The molecule has 19 heavy (non-hydrogen) atoms. The average Bonchev–Trinajstić information content (AvgIpc) is 2.45. The van der Waals surface area contributed by atoms with Crippen LogP contribution in [-0.4, -0.2) is 17.4 Å². The van der Waals surface area contributed by atoms with E-state index in [2.05, 4.69) is 17.2 Å². The number of aromatic nitrogens is 1. The third kappa shape index (κ3) is 3.94. The van der Waals surface area contributed by atoms with Gasteiger partial charge < -0.3 is 11.1 Å². The number of anilines is 1. The highest BCUT2D eigenvalue weighted by Gasteiger charge is 2.20. The summed E-state index contributed by atoms with van der Waals surface area (Å²) in [7, 11) is 0. The van der Waals surface area contributed by atoms with Crippen molar-refractivity contribution in [1.29, 1.82) is 0 Å². The first-order chi connectivity index (χ1) is 9.19. The van der Waals surface area contributed by atoms with Gasteiger partial charge in [0, 0.05) is 18.4 Å². The van der Waals surface area contributed by atoms with E-state index in [-0.39, 0.29) is 5.91 Å². The summed E-state index contributed by atoms with van der Waals surface area (Å²) in [6, 6.07) is 3.30. The molecule has 4 heteroatoms. The smallest absolute Gasteiger partial charge is 0.269 e. The second-order valence-electron chi connectivity index (χ2n) is 5.48. The SMILES string of the molecule is CCC1CCC(CNC(=O)c2cc(N)ccn2)CC1. The van der Waals surface area contributed by atoms with Crippen LogP contribution >= 0.6 is 0 Å². The number of amides is 1. The van der Waals surface area contributed by atoms with Gasteiger partial charge in [0.25, 0.3) is 5.91 Å². The molecular formula is C15H23N3O. The van der Waals surface area contributed by atoms with Crippen molar-refractivity contribution in [2.24, 2.45) is 11.8 Å². The molecule has 1 aliphatic rings. The molecule has 3 N–H and O–H groups in total. The van der Waals surface area contributed by atoms with Gasteiger partial charge in [-0.15, -0.1) is 0 Å². The Morgan fingerprint density at radius 1 is 1.37 bits per heavy atom. The number of hydrogen-bond donors (Lipinski definition) is 2. The van der Waals surface area contributed by atoms with E-state index in [4.69, 9.17) is 5.73 Å². The van der Waals surface area contributed by atoms with Crippen LogP contribution in [0.4, 0.5) is 5.69 Å². The zero-order valence-corrected chi connectivity index (χ0v) is 11.6. The van der Waals surface area contributed by atoms with Crippen LogP contribution in [0.5, 0.6) is 0 Å². The van der Waals surface area contributed by atoms with E-state index in [9.17, 15) is 4.79 Å². The molecule has 0 aliphatic heterocycles. The molecule has 0 atom stereocenters. The van der Waals surface area contributed by atoms with Gasteiger partial charge in [-0.2, -0.15) is 0 Å². The number of nitrogens with zero attached hydrogens (tertiary/aromatic N) is 1. The van der Waals surface area contributed by atoms with E-state index in [1.807, 2.05) is 0 Å². The Balaban J connectivity index is 1.78. The third-order valence-electron chi connectivity index (χ3n) is 4.11. The Hall–Kier alpha value is -1.58.